The summed E-state index contributed by atoms with van der Waals surface area (Å²) in [5.74, 6) is 0.385. The number of hydrogen-bond acceptors (Lipinski definition) is 2. The minimum absolute atomic E-state index is 0.0796. The van der Waals surface area contributed by atoms with E-state index in [1.165, 1.54) is 22.3 Å². The average molecular weight is 307 g/mol. The second-order valence-corrected chi connectivity index (χ2v) is 6.80. The van der Waals surface area contributed by atoms with E-state index in [0.29, 0.717) is 12.3 Å². The number of carbonyl (C=O) groups is 1. The lowest BCUT2D eigenvalue weighted by Gasteiger charge is -2.12. The van der Waals surface area contributed by atoms with Gasteiger partial charge in [-0.1, -0.05) is 29.8 Å². The third kappa shape index (κ3) is 6.25. The minimum Gasteiger partial charge on any atom is -0.355 e. The quantitative estimate of drug-likeness (QED) is 0.787. The molecule has 0 aliphatic heterocycles. The first-order chi connectivity index (χ1) is 9.93. The Hall–Kier alpha value is -1.42. The molecule has 1 amide bonds. The van der Waals surface area contributed by atoms with E-state index in [1.807, 2.05) is 19.1 Å². The zero-order valence-corrected chi connectivity index (χ0v) is 14.2. The van der Waals surface area contributed by atoms with Crippen molar-refractivity contribution in [1.29, 1.82) is 0 Å². The molecule has 1 unspecified atom stereocenters. The van der Waals surface area contributed by atoms with Crippen molar-refractivity contribution in [1.82, 2.24) is 5.32 Å². The Balaban J connectivity index is 2.43. The van der Waals surface area contributed by atoms with E-state index < -0.39 is 10.8 Å². The average Bonchev–Trinajstić information content (AvgIpc) is 2.39. The smallest absolute Gasteiger partial charge is 0.232 e. The molecule has 116 valence electrons. The first kappa shape index (κ1) is 17.6. The second kappa shape index (κ2) is 8.78. The van der Waals surface area contributed by atoms with Crippen molar-refractivity contribution in [2.24, 2.45) is 0 Å². The topological polar surface area (TPSA) is 46.2 Å². The molecule has 0 aromatic heterocycles. The Labute approximate surface area is 130 Å². The normalized spacial score (nSPS) is 12.6. The summed E-state index contributed by atoms with van der Waals surface area (Å²) in [5.41, 5.74) is 5.07. The largest absolute Gasteiger partial charge is 0.355 e. The maximum absolute atomic E-state index is 11.7. The predicted molar refractivity (Wildman–Crippen MR) is 90.1 cm³/mol. The van der Waals surface area contributed by atoms with Gasteiger partial charge in [0.2, 0.25) is 5.91 Å². The van der Waals surface area contributed by atoms with Crippen molar-refractivity contribution >= 4 is 16.7 Å². The highest BCUT2D eigenvalue weighted by Gasteiger charge is 2.08. The van der Waals surface area contributed by atoms with E-state index in [-0.39, 0.29) is 11.7 Å². The summed E-state index contributed by atoms with van der Waals surface area (Å²) >= 11 is 0. The number of allylic oxidation sites excluding steroid dienone is 1. The van der Waals surface area contributed by atoms with Gasteiger partial charge in [-0.2, -0.15) is 0 Å². The van der Waals surface area contributed by atoms with Crippen LogP contribution in [0.5, 0.6) is 0 Å². The van der Waals surface area contributed by atoms with Crippen LogP contribution >= 0.6 is 0 Å². The van der Waals surface area contributed by atoms with E-state index in [0.717, 1.165) is 6.42 Å². The van der Waals surface area contributed by atoms with Gasteiger partial charge in [-0.05, 0) is 50.8 Å². The van der Waals surface area contributed by atoms with Crippen LogP contribution in [0.1, 0.15) is 29.2 Å². The fraction of sp³-hybridized carbons (Fsp3) is 0.471. The number of amides is 1. The molecule has 1 atom stereocenters. The predicted octanol–water partition coefficient (Wildman–Crippen LogP) is 2.60. The van der Waals surface area contributed by atoms with Gasteiger partial charge in [0.25, 0.3) is 0 Å². The Kier molecular flexibility index (Phi) is 7.37. The van der Waals surface area contributed by atoms with Gasteiger partial charge >= 0.3 is 0 Å². The van der Waals surface area contributed by atoms with Gasteiger partial charge in [0.15, 0.2) is 0 Å². The molecule has 0 saturated heterocycles. The highest BCUT2D eigenvalue weighted by atomic mass is 32.2. The molecule has 0 aliphatic carbocycles. The Morgan fingerprint density at radius 2 is 1.86 bits per heavy atom. The highest BCUT2D eigenvalue weighted by molar-refractivity contribution is 7.85. The number of benzene rings is 1. The molecule has 1 aromatic rings. The van der Waals surface area contributed by atoms with Crippen LogP contribution in [0.3, 0.4) is 0 Å². The van der Waals surface area contributed by atoms with Crippen molar-refractivity contribution < 1.29 is 9.00 Å². The fourth-order valence-electron chi connectivity index (χ4n) is 2.39. The maximum atomic E-state index is 11.7. The molecule has 0 bridgehead atoms. The third-order valence-corrected chi connectivity index (χ3v) is 4.50. The number of nitrogens with one attached hydrogen (secondary N) is 1. The molecule has 21 heavy (non-hydrogen) atoms. The summed E-state index contributed by atoms with van der Waals surface area (Å²) in [6, 6.07) is 4.33. The molecule has 0 radical (unpaired) electrons. The van der Waals surface area contributed by atoms with E-state index in [4.69, 9.17) is 0 Å². The molecule has 1 aromatic carbocycles. The van der Waals surface area contributed by atoms with Crippen molar-refractivity contribution in [2.45, 2.75) is 34.1 Å². The van der Waals surface area contributed by atoms with Crippen LogP contribution in [0.15, 0.2) is 24.3 Å². The summed E-state index contributed by atoms with van der Waals surface area (Å²) in [5, 5.41) is 2.85. The van der Waals surface area contributed by atoms with Crippen molar-refractivity contribution in [2.75, 3.05) is 18.1 Å². The molecule has 4 heteroatoms. The minimum atomic E-state index is -1.11. The van der Waals surface area contributed by atoms with Gasteiger partial charge in [-0.25, -0.2) is 0 Å². The third-order valence-electron chi connectivity index (χ3n) is 3.35. The second-order valence-electron chi connectivity index (χ2n) is 5.30. The van der Waals surface area contributed by atoms with Crippen molar-refractivity contribution in [3.63, 3.8) is 0 Å². The lowest BCUT2D eigenvalue weighted by molar-refractivity contribution is -0.118. The fourth-order valence-corrected chi connectivity index (χ4v) is 3.31. The maximum Gasteiger partial charge on any atom is 0.232 e. The van der Waals surface area contributed by atoms with Gasteiger partial charge in [-0.15, -0.1) is 0 Å². The SMILES string of the molecule is C/C=C/CS(=O)CC(=O)NCCc1c(C)cc(C)cc1C. The van der Waals surface area contributed by atoms with Crippen LogP contribution in [-0.2, 0) is 22.0 Å². The van der Waals surface area contributed by atoms with E-state index in [2.05, 4.69) is 38.2 Å². The highest BCUT2D eigenvalue weighted by Crippen LogP contribution is 2.16. The Morgan fingerprint density at radius 3 is 2.43 bits per heavy atom. The molecular weight excluding hydrogens is 282 g/mol. The van der Waals surface area contributed by atoms with Crippen LogP contribution in [0.25, 0.3) is 0 Å². The zero-order valence-electron chi connectivity index (χ0n) is 13.4. The zero-order chi connectivity index (χ0) is 15.8. The first-order valence-corrected chi connectivity index (χ1v) is 8.72. The Bertz CT molecular complexity index is 527. The van der Waals surface area contributed by atoms with E-state index in [1.54, 1.807) is 0 Å². The van der Waals surface area contributed by atoms with Gasteiger partial charge in [0, 0.05) is 23.1 Å². The van der Waals surface area contributed by atoms with E-state index >= 15 is 0 Å². The molecule has 0 aliphatic rings. The number of rotatable bonds is 7. The molecular formula is C17H25NO2S. The molecule has 0 fully saturated rings. The van der Waals surface area contributed by atoms with Gasteiger partial charge < -0.3 is 5.32 Å². The molecule has 0 heterocycles. The Morgan fingerprint density at radius 1 is 1.24 bits per heavy atom. The van der Waals surface area contributed by atoms with Gasteiger partial charge in [0.1, 0.15) is 5.75 Å². The van der Waals surface area contributed by atoms with Crippen molar-refractivity contribution in [3.8, 4) is 0 Å². The summed E-state index contributed by atoms with van der Waals surface area (Å²) in [7, 11) is -1.11. The number of aryl methyl sites for hydroxylation is 3. The lowest BCUT2D eigenvalue weighted by atomic mass is 9.97. The standard InChI is InChI=1S/C17H25NO2S/c1-5-6-9-21(20)12-17(19)18-8-7-16-14(3)10-13(2)11-15(16)4/h5-6,10-11H,7-9,12H2,1-4H3,(H,18,19)/b6-5+. The van der Waals surface area contributed by atoms with Gasteiger partial charge in [0.05, 0.1) is 0 Å². The summed E-state index contributed by atoms with van der Waals surface area (Å²) < 4.78 is 11.6. The number of hydrogen-bond donors (Lipinski definition) is 1. The monoisotopic (exact) mass is 307 g/mol. The van der Waals surface area contributed by atoms with Crippen LogP contribution < -0.4 is 5.32 Å². The summed E-state index contributed by atoms with van der Waals surface area (Å²) in [4.78, 5) is 11.7. The lowest BCUT2D eigenvalue weighted by Crippen LogP contribution is -2.30. The van der Waals surface area contributed by atoms with Crippen LogP contribution in [-0.4, -0.2) is 28.2 Å². The molecule has 1 N–H and O–H groups in total. The molecule has 0 saturated carbocycles. The van der Waals surface area contributed by atoms with Crippen LogP contribution in [0, 0.1) is 20.8 Å². The van der Waals surface area contributed by atoms with Crippen LogP contribution in [0.2, 0.25) is 0 Å². The first-order valence-electron chi connectivity index (χ1n) is 7.23. The molecule has 0 spiro atoms. The van der Waals surface area contributed by atoms with Crippen LogP contribution in [0.4, 0.5) is 0 Å². The van der Waals surface area contributed by atoms with E-state index in [9.17, 15) is 9.00 Å². The molecule has 1 rings (SSSR count). The molecule has 3 nitrogen and oxygen atoms in total. The summed E-state index contributed by atoms with van der Waals surface area (Å²) in [6.07, 6.45) is 4.48. The number of carbonyl (C=O) groups excluding carboxylic acids is 1. The van der Waals surface area contributed by atoms with Gasteiger partial charge in [-0.3, -0.25) is 9.00 Å². The summed E-state index contributed by atoms with van der Waals surface area (Å²) in [6.45, 7) is 8.76. The van der Waals surface area contributed by atoms with Crippen molar-refractivity contribution in [3.05, 3.63) is 46.5 Å².